The van der Waals surface area contributed by atoms with Crippen molar-refractivity contribution >= 4 is 11.6 Å². The summed E-state index contributed by atoms with van der Waals surface area (Å²) in [5, 5.41) is 0.0676. The highest BCUT2D eigenvalue weighted by Gasteiger charge is 2.19. The fraction of sp³-hybridized carbons (Fsp3) is 0.556. The van der Waals surface area contributed by atoms with Gasteiger partial charge in [-0.1, -0.05) is 11.6 Å². The molecule has 1 unspecified atom stereocenters. The number of ether oxygens (including phenoxy) is 1. The first-order valence-electron chi connectivity index (χ1n) is 4.77. The van der Waals surface area contributed by atoms with Crippen molar-refractivity contribution < 1.29 is 4.74 Å². The molecule has 0 aromatic carbocycles. The topological polar surface area (TPSA) is 64.1 Å². The van der Waals surface area contributed by atoms with E-state index in [9.17, 15) is 9.59 Å². The van der Waals surface area contributed by atoms with Crippen LogP contribution in [0.5, 0.6) is 0 Å². The van der Waals surface area contributed by atoms with Crippen LogP contribution < -0.4 is 11.2 Å². The summed E-state index contributed by atoms with van der Waals surface area (Å²) in [6.07, 6.45) is 1.64. The highest BCUT2D eigenvalue weighted by molar-refractivity contribution is 6.29. The molecule has 5 nitrogen and oxygen atoms in total. The van der Waals surface area contributed by atoms with Crippen LogP contribution in [-0.4, -0.2) is 22.8 Å². The van der Waals surface area contributed by atoms with Crippen LogP contribution in [0, 0.1) is 0 Å². The van der Waals surface area contributed by atoms with Crippen molar-refractivity contribution in [2.45, 2.75) is 18.9 Å². The minimum atomic E-state index is -0.469. The fourth-order valence-corrected chi connectivity index (χ4v) is 1.92. The van der Waals surface area contributed by atoms with Crippen molar-refractivity contribution in [2.75, 3.05) is 13.2 Å². The summed E-state index contributed by atoms with van der Waals surface area (Å²) >= 11 is 5.56. The number of halogens is 1. The highest BCUT2D eigenvalue weighted by Crippen LogP contribution is 2.15. The number of hydrogen-bond donors (Lipinski definition) is 1. The molecule has 0 saturated carbocycles. The van der Waals surface area contributed by atoms with E-state index >= 15 is 0 Å². The quantitative estimate of drug-likeness (QED) is 0.717. The van der Waals surface area contributed by atoms with E-state index in [0.29, 0.717) is 13.2 Å². The molecule has 1 fully saturated rings. The van der Waals surface area contributed by atoms with Crippen molar-refractivity contribution in [1.29, 1.82) is 0 Å². The van der Waals surface area contributed by atoms with Gasteiger partial charge in [-0.15, -0.1) is 0 Å². The van der Waals surface area contributed by atoms with Gasteiger partial charge in [0.15, 0.2) is 0 Å². The van der Waals surface area contributed by atoms with Gasteiger partial charge in [-0.3, -0.25) is 14.3 Å². The minimum absolute atomic E-state index is 0.0676. The normalized spacial score (nSPS) is 21.5. The molecule has 0 radical (unpaired) electrons. The Balaban J connectivity index is 2.43. The van der Waals surface area contributed by atoms with Crippen molar-refractivity contribution in [2.24, 2.45) is 0 Å². The lowest BCUT2D eigenvalue weighted by Crippen LogP contribution is -2.40. The van der Waals surface area contributed by atoms with Crippen LogP contribution in [-0.2, 0) is 4.74 Å². The van der Waals surface area contributed by atoms with E-state index in [1.54, 1.807) is 0 Å². The number of rotatable bonds is 1. The fourth-order valence-electron chi connectivity index (χ4n) is 1.75. The summed E-state index contributed by atoms with van der Waals surface area (Å²) in [4.78, 5) is 25.5. The molecule has 2 heterocycles. The summed E-state index contributed by atoms with van der Waals surface area (Å²) < 4.78 is 6.40. The molecule has 1 atom stereocenters. The predicted molar refractivity (Wildman–Crippen MR) is 55.4 cm³/mol. The van der Waals surface area contributed by atoms with Gasteiger partial charge in [0.2, 0.25) is 0 Å². The third kappa shape index (κ3) is 2.13. The monoisotopic (exact) mass is 230 g/mol. The summed E-state index contributed by atoms with van der Waals surface area (Å²) in [6.45, 7) is 1.10. The lowest BCUT2D eigenvalue weighted by molar-refractivity contribution is 0.0564. The molecule has 1 aromatic rings. The van der Waals surface area contributed by atoms with Crippen molar-refractivity contribution in [3.8, 4) is 0 Å². The van der Waals surface area contributed by atoms with Crippen LogP contribution in [0.4, 0.5) is 0 Å². The van der Waals surface area contributed by atoms with Crippen LogP contribution in [0.25, 0.3) is 0 Å². The Morgan fingerprint density at radius 1 is 1.53 bits per heavy atom. The van der Waals surface area contributed by atoms with Gasteiger partial charge in [0.05, 0.1) is 12.6 Å². The zero-order valence-corrected chi connectivity index (χ0v) is 8.79. The van der Waals surface area contributed by atoms with E-state index < -0.39 is 5.69 Å². The molecule has 1 saturated heterocycles. The second-order valence-electron chi connectivity index (χ2n) is 3.50. The molecule has 2 rings (SSSR count). The third-order valence-electron chi connectivity index (χ3n) is 2.43. The Kier molecular flexibility index (Phi) is 2.93. The predicted octanol–water partition coefficient (Wildman–Crippen LogP) is 0.541. The summed E-state index contributed by atoms with van der Waals surface area (Å²) in [5.74, 6) is 0. The number of aromatic nitrogens is 2. The smallest absolute Gasteiger partial charge is 0.329 e. The lowest BCUT2D eigenvalue weighted by atomic mass is 10.1. The molecule has 6 heteroatoms. The second-order valence-corrected chi connectivity index (χ2v) is 3.91. The molecule has 0 amide bonds. The summed E-state index contributed by atoms with van der Waals surface area (Å²) in [5.41, 5.74) is -0.845. The first-order valence-corrected chi connectivity index (χ1v) is 5.15. The average Bonchev–Trinajstić information content (AvgIpc) is 2.17. The third-order valence-corrected chi connectivity index (χ3v) is 2.64. The molecule has 1 aromatic heterocycles. The standard InChI is InChI=1S/C9H11ClN2O3/c10-7-4-8(13)12(9(14)11-7)6-2-1-3-15-5-6/h4,6H,1-3,5H2,(H,11,14). The van der Waals surface area contributed by atoms with Crippen molar-refractivity contribution in [3.05, 3.63) is 32.1 Å². The van der Waals surface area contributed by atoms with E-state index in [4.69, 9.17) is 16.3 Å². The van der Waals surface area contributed by atoms with Crippen molar-refractivity contribution in [1.82, 2.24) is 9.55 Å². The van der Waals surface area contributed by atoms with E-state index in [2.05, 4.69) is 4.98 Å². The van der Waals surface area contributed by atoms with Gasteiger partial charge in [-0.2, -0.15) is 0 Å². The number of hydrogen-bond acceptors (Lipinski definition) is 3. The number of aromatic amines is 1. The Bertz CT molecular complexity index is 428. The molecular weight excluding hydrogens is 220 g/mol. The lowest BCUT2D eigenvalue weighted by Gasteiger charge is -2.22. The minimum Gasteiger partial charge on any atom is -0.379 e. The van der Waals surface area contributed by atoms with Crippen LogP contribution in [0.2, 0.25) is 5.15 Å². The number of H-pyrrole nitrogens is 1. The van der Waals surface area contributed by atoms with Gasteiger partial charge in [-0.25, -0.2) is 4.79 Å². The zero-order valence-electron chi connectivity index (χ0n) is 8.03. The largest absolute Gasteiger partial charge is 0.379 e. The number of nitrogens with zero attached hydrogens (tertiary/aromatic N) is 1. The average molecular weight is 231 g/mol. The molecule has 15 heavy (non-hydrogen) atoms. The van der Waals surface area contributed by atoms with Crippen LogP contribution in [0.15, 0.2) is 15.7 Å². The van der Waals surface area contributed by atoms with Gasteiger partial charge < -0.3 is 4.74 Å². The Morgan fingerprint density at radius 2 is 2.33 bits per heavy atom. The number of nitrogens with one attached hydrogen (secondary N) is 1. The Labute approximate surface area is 90.6 Å². The van der Waals surface area contributed by atoms with E-state index in [-0.39, 0.29) is 16.8 Å². The molecular formula is C9H11ClN2O3. The van der Waals surface area contributed by atoms with E-state index in [1.807, 2.05) is 0 Å². The van der Waals surface area contributed by atoms with Gasteiger partial charge >= 0.3 is 5.69 Å². The maximum atomic E-state index is 11.6. The molecule has 0 aliphatic carbocycles. The molecule has 0 bridgehead atoms. The summed E-state index contributed by atoms with van der Waals surface area (Å²) in [7, 11) is 0. The summed E-state index contributed by atoms with van der Waals surface area (Å²) in [6, 6.07) is 1.03. The highest BCUT2D eigenvalue weighted by atomic mass is 35.5. The molecule has 1 aliphatic rings. The Hall–Kier alpha value is -1.07. The molecule has 1 aliphatic heterocycles. The van der Waals surface area contributed by atoms with Gasteiger partial charge in [0.1, 0.15) is 5.15 Å². The van der Waals surface area contributed by atoms with Gasteiger partial charge in [0.25, 0.3) is 5.56 Å². The van der Waals surface area contributed by atoms with E-state index in [1.165, 1.54) is 10.6 Å². The SMILES string of the molecule is O=c1cc(Cl)[nH]c(=O)n1C1CCCOC1. The van der Waals surface area contributed by atoms with Crippen LogP contribution in [0.1, 0.15) is 18.9 Å². The van der Waals surface area contributed by atoms with E-state index in [0.717, 1.165) is 12.8 Å². The first-order chi connectivity index (χ1) is 7.18. The first kappa shape index (κ1) is 10.4. The zero-order chi connectivity index (χ0) is 10.8. The maximum absolute atomic E-state index is 11.6. The molecule has 82 valence electrons. The van der Waals surface area contributed by atoms with Crippen molar-refractivity contribution in [3.63, 3.8) is 0 Å². The molecule has 0 spiro atoms. The Morgan fingerprint density at radius 3 is 2.93 bits per heavy atom. The van der Waals surface area contributed by atoms with Gasteiger partial charge in [-0.05, 0) is 12.8 Å². The maximum Gasteiger partial charge on any atom is 0.329 e. The van der Waals surface area contributed by atoms with Crippen LogP contribution in [0.3, 0.4) is 0 Å². The van der Waals surface area contributed by atoms with Crippen LogP contribution >= 0.6 is 11.6 Å². The second kappa shape index (κ2) is 4.20. The molecule has 1 N–H and O–H groups in total. The van der Waals surface area contributed by atoms with Gasteiger partial charge in [0, 0.05) is 12.7 Å².